The lowest BCUT2D eigenvalue weighted by Crippen LogP contribution is -2.45. The van der Waals surface area contributed by atoms with Crippen LogP contribution in [-0.4, -0.2) is 57.7 Å². The van der Waals surface area contributed by atoms with Gasteiger partial charge in [0.05, 0.1) is 6.61 Å². The van der Waals surface area contributed by atoms with Crippen molar-refractivity contribution in [3.05, 3.63) is 29.3 Å². The van der Waals surface area contributed by atoms with Crippen LogP contribution in [0.3, 0.4) is 0 Å². The van der Waals surface area contributed by atoms with Crippen LogP contribution in [-0.2, 0) is 4.79 Å². The maximum atomic E-state index is 11.6. The van der Waals surface area contributed by atoms with E-state index in [1.54, 1.807) is 12.1 Å². The molecule has 0 aliphatic rings. The first-order chi connectivity index (χ1) is 9.38. The Morgan fingerprint density at radius 3 is 2.50 bits per heavy atom. The van der Waals surface area contributed by atoms with Crippen molar-refractivity contribution in [1.82, 2.24) is 0 Å². The number of hydrogen-bond donors (Lipinski definition) is 4. The van der Waals surface area contributed by atoms with E-state index in [1.165, 1.54) is 0 Å². The van der Waals surface area contributed by atoms with Crippen molar-refractivity contribution in [3.63, 3.8) is 0 Å². The molecule has 0 aliphatic carbocycles. The third kappa shape index (κ3) is 4.01. The summed E-state index contributed by atoms with van der Waals surface area (Å²) in [7, 11) is 0. The first kappa shape index (κ1) is 16.6. The number of ketones is 1. The summed E-state index contributed by atoms with van der Waals surface area (Å²) in [5.41, 5.74) is 1.89. The van der Waals surface area contributed by atoms with Crippen LogP contribution in [0.1, 0.15) is 11.1 Å². The molecule has 6 nitrogen and oxygen atoms in total. The van der Waals surface area contributed by atoms with Crippen LogP contribution in [0.2, 0.25) is 0 Å². The third-order valence-corrected chi connectivity index (χ3v) is 3.16. The van der Waals surface area contributed by atoms with Crippen LogP contribution in [0.4, 0.5) is 0 Å². The fourth-order valence-corrected chi connectivity index (χ4v) is 1.62. The summed E-state index contributed by atoms with van der Waals surface area (Å²) in [4.78, 5) is 11.6. The number of aliphatic hydroxyl groups excluding tert-OH is 4. The largest absolute Gasteiger partial charge is 0.485 e. The molecule has 1 aromatic carbocycles. The van der Waals surface area contributed by atoms with Gasteiger partial charge < -0.3 is 25.2 Å². The van der Waals surface area contributed by atoms with Gasteiger partial charge in [-0.1, -0.05) is 12.1 Å². The minimum Gasteiger partial charge on any atom is -0.485 e. The van der Waals surface area contributed by atoms with E-state index in [-0.39, 0.29) is 0 Å². The molecule has 0 fully saturated rings. The Balaban J connectivity index is 2.61. The van der Waals surface area contributed by atoms with Crippen molar-refractivity contribution >= 4 is 5.78 Å². The molecular weight excluding hydrogens is 264 g/mol. The standard InChI is InChI=1S/C14H20O6/c1-8-4-3-5-12(9(8)2)20-7-11(17)14(19)13(18)10(16)6-15/h3-5,10,13-16,18-19H,6-7H2,1-2H3. The number of Topliss-reactive ketones (excluding diaryl/α,β-unsaturated/α-hetero) is 1. The maximum Gasteiger partial charge on any atom is 0.201 e. The van der Waals surface area contributed by atoms with E-state index in [0.717, 1.165) is 11.1 Å². The molecule has 0 aliphatic heterocycles. The molecule has 0 amide bonds. The highest BCUT2D eigenvalue weighted by molar-refractivity contribution is 5.85. The summed E-state index contributed by atoms with van der Waals surface area (Å²) in [6.07, 6.45) is -5.12. The number of hydrogen-bond acceptors (Lipinski definition) is 6. The van der Waals surface area contributed by atoms with Gasteiger partial charge in [-0.2, -0.15) is 0 Å². The lowest BCUT2D eigenvalue weighted by atomic mass is 10.1. The van der Waals surface area contributed by atoms with Crippen LogP contribution in [0, 0.1) is 13.8 Å². The fraction of sp³-hybridized carbons (Fsp3) is 0.500. The zero-order valence-corrected chi connectivity index (χ0v) is 11.5. The van der Waals surface area contributed by atoms with Gasteiger partial charge in [0.1, 0.15) is 30.7 Å². The summed E-state index contributed by atoms with van der Waals surface area (Å²) >= 11 is 0. The van der Waals surface area contributed by atoms with E-state index in [2.05, 4.69) is 0 Å². The molecule has 6 heteroatoms. The molecule has 0 saturated heterocycles. The molecule has 0 saturated carbocycles. The number of rotatable bonds is 7. The highest BCUT2D eigenvalue weighted by Gasteiger charge is 2.30. The summed E-state index contributed by atoms with van der Waals surface area (Å²) < 4.78 is 5.30. The monoisotopic (exact) mass is 284 g/mol. The van der Waals surface area contributed by atoms with E-state index in [9.17, 15) is 15.0 Å². The van der Waals surface area contributed by atoms with Crippen LogP contribution in [0.15, 0.2) is 18.2 Å². The second-order valence-electron chi connectivity index (χ2n) is 4.64. The second kappa shape index (κ2) is 7.35. The maximum absolute atomic E-state index is 11.6. The van der Waals surface area contributed by atoms with E-state index in [0.29, 0.717) is 5.75 Å². The van der Waals surface area contributed by atoms with Gasteiger partial charge in [-0.15, -0.1) is 0 Å². The van der Waals surface area contributed by atoms with Gasteiger partial charge in [-0.05, 0) is 31.0 Å². The van der Waals surface area contributed by atoms with Crippen LogP contribution in [0.25, 0.3) is 0 Å². The molecule has 112 valence electrons. The molecule has 0 heterocycles. The van der Waals surface area contributed by atoms with E-state index in [4.69, 9.17) is 14.9 Å². The number of aliphatic hydroxyl groups is 4. The van der Waals surface area contributed by atoms with Crippen molar-refractivity contribution in [2.75, 3.05) is 13.2 Å². The van der Waals surface area contributed by atoms with Crippen LogP contribution < -0.4 is 4.74 Å². The quantitative estimate of drug-likeness (QED) is 0.529. The Bertz CT molecular complexity index is 459. The molecule has 0 bridgehead atoms. The Morgan fingerprint density at radius 2 is 1.90 bits per heavy atom. The summed E-state index contributed by atoms with van der Waals surface area (Å²) in [5, 5.41) is 36.8. The average molecular weight is 284 g/mol. The zero-order valence-electron chi connectivity index (χ0n) is 11.5. The SMILES string of the molecule is Cc1cccc(OCC(=O)C(O)C(O)C(O)CO)c1C. The lowest BCUT2D eigenvalue weighted by Gasteiger charge is -2.20. The van der Waals surface area contributed by atoms with Crippen LogP contribution in [0.5, 0.6) is 5.75 Å². The Kier molecular flexibility index (Phi) is 6.09. The van der Waals surface area contributed by atoms with Crippen molar-refractivity contribution in [1.29, 1.82) is 0 Å². The van der Waals surface area contributed by atoms with Crippen molar-refractivity contribution in [3.8, 4) is 5.75 Å². The minimum atomic E-state index is -1.80. The summed E-state index contributed by atoms with van der Waals surface area (Å²) in [6, 6.07) is 5.38. The van der Waals surface area contributed by atoms with Gasteiger partial charge in [-0.25, -0.2) is 0 Å². The summed E-state index contributed by atoms with van der Waals surface area (Å²) in [5.74, 6) is -0.256. The van der Waals surface area contributed by atoms with Crippen molar-refractivity contribution in [2.45, 2.75) is 32.2 Å². The fourth-order valence-electron chi connectivity index (χ4n) is 1.62. The third-order valence-electron chi connectivity index (χ3n) is 3.16. The van der Waals surface area contributed by atoms with E-state index < -0.39 is 37.3 Å². The summed E-state index contributed by atoms with van der Waals surface area (Å²) in [6.45, 7) is 2.57. The predicted octanol–water partition coefficient (Wildman–Crippen LogP) is -0.674. The number of carbonyl (C=O) groups is 1. The Labute approximate surface area is 117 Å². The van der Waals surface area contributed by atoms with Crippen molar-refractivity contribution in [2.24, 2.45) is 0 Å². The number of ether oxygens (including phenoxy) is 1. The van der Waals surface area contributed by atoms with Crippen LogP contribution >= 0.6 is 0 Å². The van der Waals surface area contributed by atoms with Gasteiger partial charge in [-0.3, -0.25) is 4.79 Å². The Morgan fingerprint density at radius 1 is 1.25 bits per heavy atom. The topological polar surface area (TPSA) is 107 Å². The minimum absolute atomic E-state index is 0.430. The second-order valence-corrected chi connectivity index (χ2v) is 4.64. The molecular formula is C14H20O6. The first-order valence-electron chi connectivity index (χ1n) is 6.25. The molecule has 0 radical (unpaired) electrons. The van der Waals surface area contributed by atoms with Gasteiger partial charge in [0.2, 0.25) is 5.78 Å². The lowest BCUT2D eigenvalue weighted by molar-refractivity contribution is -0.142. The van der Waals surface area contributed by atoms with Gasteiger partial charge in [0.15, 0.2) is 0 Å². The van der Waals surface area contributed by atoms with Crippen molar-refractivity contribution < 1.29 is 30.0 Å². The first-order valence-corrected chi connectivity index (χ1v) is 6.25. The predicted molar refractivity (Wildman–Crippen MR) is 71.5 cm³/mol. The molecule has 1 aromatic rings. The smallest absolute Gasteiger partial charge is 0.201 e. The van der Waals surface area contributed by atoms with Gasteiger partial charge in [0, 0.05) is 0 Å². The Hall–Kier alpha value is -1.47. The molecule has 4 N–H and O–H groups in total. The molecule has 20 heavy (non-hydrogen) atoms. The highest BCUT2D eigenvalue weighted by atomic mass is 16.5. The molecule has 3 unspecified atom stereocenters. The highest BCUT2D eigenvalue weighted by Crippen LogP contribution is 2.20. The number of carbonyl (C=O) groups excluding carboxylic acids is 1. The van der Waals surface area contributed by atoms with Gasteiger partial charge >= 0.3 is 0 Å². The molecule has 1 rings (SSSR count). The molecule has 0 aromatic heterocycles. The number of benzene rings is 1. The molecule has 0 spiro atoms. The molecule has 3 atom stereocenters. The average Bonchev–Trinajstić information content (AvgIpc) is 2.45. The zero-order chi connectivity index (χ0) is 15.3. The number of aryl methyl sites for hydroxylation is 1. The van der Waals surface area contributed by atoms with Gasteiger partial charge in [0.25, 0.3) is 0 Å². The normalized spacial score (nSPS) is 15.5. The van der Waals surface area contributed by atoms with E-state index >= 15 is 0 Å². The van der Waals surface area contributed by atoms with E-state index in [1.807, 2.05) is 19.9 Å².